The van der Waals surface area contributed by atoms with E-state index < -0.39 is 24.5 Å². The Morgan fingerprint density at radius 1 is 1.15 bits per heavy atom. The van der Waals surface area contributed by atoms with Gasteiger partial charge >= 0.3 is 6.18 Å². The average Bonchev–Trinajstić information content (AvgIpc) is 3.12. The highest BCUT2D eigenvalue weighted by Gasteiger charge is 2.33. The molecule has 1 amide bonds. The van der Waals surface area contributed by atoms with Gasteiger partial charge in [-0.1, -0.05) is 47.8 Å². The second-order valence-electron chi connectivity index (χ2n) is 7.82. The highest BCUT2D eigenvalue weighted by Crippen LogP contribution is 2.40. The molecule has 1 N–H and O–H groups in total. The molecule has 0 saturated carbocycles. The van der Waals surface area contributed by atoms with Crippen LogP contribution in [0.3, 0.4) is 0 Å². The molecule has 2 heterocycles. The summed E-state index contributed by atoms with van der Waals surface area (Å²) < 4.78 is 40.0. The standard InChI is InChI=1S/C22H20Cl3F3N4O/c1-2-16(29-18(33)11-22(26,27)28)13-5-6-14(24)19-20(13)32-9-3-8-31(21(32)30-19)17-7-4-12(23)10-15(17)25/h4-7,10,16H,2-3,8-9,11H2,1H3,(H,29,33). The lowest BCUT2D eigenvalue weighted by Crippen LogP contribution is -2.32. The number of halogens is 6. The zero-order valence-corrected chi connectivity index (χ0v) is 19.8. The van der Waals surface area contributed by atoms with Crippen molar-refractivity contribution in [1.82, 2.24) is 14.9 Å². The van der Waals surface area contributed by atoms with Crippen LogP contribution >= 0.6 is 34.8 Å². The predicted molar refractivity (Wildman–Crippen MR) is 125 cm³/mol. The summed E-state index contributed by atoms with van der Waals surface area (Å²) in [6.07, 6.45) is -4.94. The number of carbonyl (C=O) groups is 1. The molecule has 0 spiro atoms. The highest BCUT2D eigenvalue weighted by molar-refractivity contribution is 6.36. The number of hydrogen-bond acceptors (Lipinski definition) is 3. The number of imidazole rings is 1. The maximum atomic E-state index is 12.7. The molecular formula is C22H20Cl3F3N4O. The molecule has 1 aromatic heterocycles. The zero-order valence-electron chi connectivity index (χ0n) is 17.5. The van der Waals surface area contributed by atoms with Gasteiger partial charge in [-0.05, 0) is 37.1 Å². The Labute approximate surface area is 203 Å². The predicted octanol–water partition coefficient (Wildman–Crippen LogP) is 7.06. The number of nitrogens with zero attached hydrogens (tertiary/aromatic N) is 3. The molecule has 33 heavy (non-hydrogen) atoms. The minimum absolute atomic E-state index is 0.396. The number of amides is 1. The number of rotatable bonds is 5. The van der Waals surface area contributed by atoms with Crippen LogP contribution in [0.2, 0.25) is 15.1 Å². The molecule has 0 bridgehead atoms. The van der Waals surface area contributed by atoms with E-state index in [2.05, 4.69) is 5.32 Å². The number of fused-ring (bicyclic) bond motifs is 3. The topological polar surface area (TPSA) is 50.2 Å². The second-order valence-corrected chi connectivity index (χ2v) is 9.07. The van der Waals surface area contributed by atoms with Gasteiger partial charge in [-0.15, -0.1) is 0 Å². The fourth-order valence-electron chi connectivity index (χ4n) is 4.16. The summed E-state index contributed by atoms with van der Waals surface area (Å²) in [6, 6.07) is 7.96. The smallest absolute Gasteiger partial charge is 0.349 e. The Morgan fingerprint density at radius 3 is 2.58 bits per heavy atom. The average molecular weight is 520 g/mol. The van der Waals surface area contributed by atoms with Gasteiger partial charge in [0.1, 0.15) is 11.9 Å². The summed E-state index contributed by atoms with van der Waals surface area (Å²) in [6.45, 7) is 3.09. The van der Waals surface area contributed by atoms with E-state index in [0.29, 0.717) is 57.1 Å². The summed E-state index contributed by atoms with van der Waals surface area (Å²) in [5.74, 6) is -0.461. The van der Waals surface area contributed by atoms with Crippen molar-refractivity contribution in [3.8, 4) is 0 Å². The van der Waals surface area contributed by atoms with E-state index >= 15 is 0 Å². The molecule has 1 aliphatic heterocycles. The van der Waals surface area contributed by atoms with Crippen LogP contribution in [-0.2, 0) is 11.3 Å². The van der Waals surface area contributed by atoms with Gasteiger partial charge in [-0.3, -0.25) is 4.79 Å². The van der Waals surface area contributed by atoms with E-state index in [4.69, 9.17) is 39.8 Å². The SMILES string of the molecule is CCC(NC(=O)CC(F)(F)F)c1ccc(Cl)c2nc3n(c12)CCCN3c1ccc(Cl)cc1Cl. The molecular weight excluding hydrogens is 500 g/mol. The zero-order chi connectivity index (χ0) is 23.9. The van der Waals surface area contributed by atoms with Gasteiger partial charge in [0.15, 0.2) is 0 Å². The van der Waals surface area contributed by atoms with Crippen molar-refractivity contribution in [3.05, 3.63) is 51.0 Å². The number of anilines is 2. The van der Waals surface area contributed by atoms with Crippen molar-refractivity contribution in [1.29, 1.82) is 0 Å². The minimum atomic E-state index is -4.58. The van der Waals surface area contributed by atoms with Crippen molar-refractivity contribution in [3.63, 3.8) is 0 Å². The van der Waals surface area contributed by atoms with Gasteiger partial charge in [-0.25, -0.2) is 4.98 Å². The van der Waals surface area contributed by atoms with Gasteiger partial charge < -0.3 is 14.8 Å². The second kappa shape index (κ2) is 9.24. The fourth-order valence-corrected chi connectivity index (χ4v) is 4.87. The summed E-state index contributed by atoms with van der Waals surface area (Å²) in [5.41, 5.74) is 2.60. The summed E-state index contributed by atoms with van der Waals surface area (Å²) >= 11 is 19.0. The molecule has 0 saturated heterocycles. The first-order chi connectivity index (χ1) is 15.6. The van der Waals surface area contributed by atoms with Crippen LogP contribution in [0.4, 0.5) is 24.8 Å². The summed E-state index contributed by atoms with van der Waals surface area (Å²) in [5, 5.41) is 3.91. The molecule has 176 valence electrons. The first-order valence-corrected chi connectivity index (χ1v) is 11.5. The van der Waals surface area contributed by atoms with Crippen LogP contribution in [0.5, 0.6) is 0 Å². The minimum Gasteiger partial charge on any atom is -0.349 e. The van der Waals surface area contributed by atoms with Gasteiger partial charge in [0.2, 0.25) is 11.9 Å². The van der Waals surface area contributed by atoms with Crippen LogP contribution in [0, 0.1) is 0 Å². The molecule has 1 atom stereocenters. The normalized spacial score (nSPS) is 14.9. The maximum Gasteiger partial charge on any atom is 0.397 e. The van der Waals surface area contributed by atoms with Gasteiger partial charge in [0.25, 0.3) is 0 Å². The molecule has 5 nitrogen and oxygen atoms in total. The lowest BCUT2D eigenvalue weighted by Gasteiger charge is -2.30. The lowest BCUT2D eigenvalue weighted by molar-refractivity contribution is -0.154. The van der Waals surface area contributed by atoms with E-state index in [1.807, 2.05) is 15.5 Å². The van der Waals surface area contributed by atoms with E-state index in [0.717, 1.165) is 12.1 Å². The van der Waals surface area contributed by atoms with Gasteiger partial charge in [0.05, 0.1) is 27.3 Å². The molecule has 2 aromatic carbocycles. The largest absolute Gasteiger partial charge is 0.397 e. The molecule has 0 radical (unpaired) electrons. The Morgan fingerprint density at radius 2 is 1.91 bits per heavy atom. The quantitative estimate of drug-likeness (QED) is 0.393. The number of aromatic nitrogens is 2. The van der Waals surface area contributed by atoms with E-state index in [9.17, 15) is 18.0 Å². The van der Waals surface area contributed by atoms with Crippen molar-refractivity contribution in [2.24, 2.45) is 0 Å². The Hall–Kier alpha value is -2.16. The van der Waals surface area contributed by atoms with Crippen molar-refractivity contribution in [2.75, 3.05) is 11.4 Å². The third kappa shape index (κ3) is 4.88. The van der Waals surface area contributed by atoms with Crippen LogP contribution in [0.15, 0.2) is 30.3 Å². The van der Waals surface area contributed by atoms with Crippen LogP contribution in [-0.4, -0.2) is 28.2 Å². The third-order valence-electron chi connectivity index (χ3n) is 5.54. The third-order valence-corrected chi connectivity index (χ3v) is 6.38. The van der Waals surface area contributed by atoms with Gasteiger partial charge in [0, 0.05) is 23.7 Å². The number of benzene rings is 2. The number of carbonyl (C=O) groups excluding carboxylic acids is 1. The number of aryl methyl sites for hydroxylation is 1. The van der Waals surface area contributed by atoms with Crippen LogP contribution in [0.1, 0.15) is 37.8 Å². The lowest BCUT2D eigenvalue weighted by atomic mass is 10.0. The number of hydrogen-bond donors (Lipinski definition) is 1. The first-order valence-electron chi connectivity index (χ1n) is 10.4. The maximum absolute atomic E-state index is 12.7. The molecule has 1 aliphatic rings. The molecule has 11 heteroatoms. The van der Waals surface area contributed by atoms with Crippen LogP contribution in [0.25, 0.3) is 11.0 Å². The van der Waals surface area contributed by atoms with Crippen molar-refractivity contribution in [2.45, 2.75) is 44.9 Å². The van der Waals surface area contributed by atoms with Crippen LogP contribution < -0.4 is 10.2 Å². The molecule has 0 aliphatic carbocycles. The van der Waals surface area contributed by atoms with Crippen molar-refractivity contribution < 1.29 is 18.0 Å². The van der Waals surface area contributed by atoms with E-state index in [1.165, 1.54) is 0 Å². The molecule has 0 fully saturated rings. The van der Waals surface area contributed by atoms with E-state index in [-0.39, 0.29) is 0 Å². The molecule has 4 rings (SSSR count). The first kappa shape index (κ1) is 24.0. The summed E-state index contributed by atoms with van der Waals surface area (Å²) in [7, 11) is 0. The van der Waals surface area contributed by atoms with E-state index in [1.54, 1.807) is 31.2 Å². The Kier molecular flexibility index (Phi) is 6.71. The number of alkyl halides is 3. The molecule has 1 unspecified atom stereocenters. The fraction of sp³-hybridized carbons (Fsp3) is 0.364. The van der Waals surface area contributed by atoms with Crippen molar-refractivity contribution >= 4 is 63.4 Å². The van der Waals surface area contributed by atoms with Gasteiger partial charge in [-0.2, -0.15) is 13.2 Å². The highest BCUT2D eigenvalue weighted by atomic mass is 35.5. The monoisotopic (exact) mass is 518 g/mol. The molecule has 3 aromatic rings. The Balaban J connectivity index is 1.80. The number of nitrogens with one attached hydrogen (secondary N) is 1. The summed E-state index contributed by atoms with van der Waals surface area (Å²) in [4.78, 5) is 18.7. The Bertz CT molecular complexity index is 1210.